The number of aromatic nitrogens is 2. The molecule has 4 nitrogen and oxygen atoms in total. The van der Waals surface area contributed by atoms with E-state index in [-0.39, 0.29) is 11.8 Å². The Morgan fingerprint density at radius 3 is 2.50 bits per heavy atom. The Hall–Kier alpha value is -1.68. The van der Waals surface area contributed by atoms with Gasteiger partial charge >= 0.3 is 0 Å². The lowest BCUT2D eigenvalue weighted by Crippen LogP contribution is -2.13. The van der Waals surface area contributed by atoms with Gasteiger partial charge in [0.2, 0.25) is 5.89 Å². The van der Waals surface area contributed by atoms with Crippen molar-refractivity contribution in [1.29, 1.82) is 0 Å². The molecule has 0 fully saturated rings. The third-order valence-electron chi connectivity index (χ3n) is 3.89. The SMILES string of the molecule is CCC(C)C(c1ccccc1)c1nc(C(C)CN)no1. The van der Waals surface area contributed by atoms with Crippen molar-refractivity contribution in [2.75, 3.05) is 6.54 Å². The number of hydrogen-bond acceptors (Lipinski definition) is 4. The predicted octanol–water partition coefficient (Wildman–Crippen LogP) is 3.31. The Bertz CT molecular complexity index is 524. The van der Waals surface area contributed by atoms with Crippen LogP contribution in [0.4, 0.5) is 0 Å². The Morgan fingerprint density at radius 1 is 1.20 bits per heavy atom. The molecule has 0 amide bonds. The van der Waals surface area contributed by atoms with E-state index >= 15 is 0 Å². The molecule has 0 aliphatic rings. The van der Waals surface area contributed by atoms with Gasteiger partial charge < -0.3 is 10.3 Å². The van der Waals surface area contributed by atoms with Crippen LogP contribution < -0.4 is 5.73 Å². The van der Waals surface area contributed by atoms with E-state index in [2.05, 4.69) is 36.1 Å². The summed E-state index contributed by atoms with van der Waals surface area (Å²) in [6.45, 7) is 6.93. The van der Waals surface area contributed by atoms with Crippen LogP contribution in [0.5, 0.6) is 0 Å². The van der Waals surface area contributed by atoms with Gasteiger partial charge in [-0.15, -0.1) is 0 Å². The molecule has 0 saturated carbocycles. The summed E-state index contributed by atoms with van der Waals surface area (Å²) in [7, 11) is 0. The van der Waals surface area contributed by atoms with Gasteiger partial charge in [-0.05, 0) is 11.5 Å². The van der Waals surface area contributed by atoms with E-state index in [0.29, 0.717) is 24.2 Å². The summed E-state index contributed by atoms with van der Waals surface area (Å²) in [5.74, 6) is 2.11. The van der Waals surface area contributed by atoms with Gasteiger partial charge in [-0.3, -0.25) is 0 Å². The van der Waals surface area contributed by atoms with Gasteiger partial charge in [0.1, 0.15) is 0 Å². The average molecular weight is 273 g/mol. The molecule has 2 aromatic rings. The predicted molar refractivity (Wildman–Crippen MR) is 79.5 cm³/mol. The molecule has 3 atom stereocenters. The second-order valence-corrected chi connectivity index (χ2v) is 5.40. The highest BCUT2D eigenvalue weighted by Gasteiger charge is 2.26. The molecule has 1 aromatic heterocycles. The molecule has 3 unspecified atom stereocenters. The lowest BCUT2D eigenvalue weighted by atomic mass is 9.85. The molecule has 108 valence electrons. The van der Waals surface area contributed by atoms with Crippen molar-refractivity contribution in [3.8, 4) is 0 Å². The second kappa shape index (κ2) is 6.66. The van der Waals surface area contributed by atoms with Crippen molar-refractivity contribution in [2.24, 2.45) is 11.7 Å². The van der Waals surface area contributed by atoms with E-state index in [1.165, 1.54) is 5.56 Å². The highest BCUT2D eigenvalue weighted by Crippen LogP contribution is 2.33. The Balaban J connectivity index is 2.35. The van der Waals surface area contributed by atoms with Gasteiger partial charge in [-0.1, -0.05) is 62.7 Å². The lowest BCUT2D eigenvalue weighted by Gasteiger charge is -2.19. The minimum absolute atomic E-state index is 0.126. The maximum Gasteiger partial charge on any atom is 0.234 e. The first-order valence-electron chi connectivity index (χ1n) is 7.25. The molecule has 0 radical (unpaired) electrons. The van der Waals surface area contributed by atoms with Crippen LogP contribution in [0.3, 0.4) is 0 Å². The first-order chi connectivity index (χ1) is 9.67. The van der Waals surface area contributed by atoms with E-state index in [1.807, 2.05) is 25.1 Å². The van der Waals surface area contributed by atoms with Crippen LogP contribution >= 0.6 is 0 Å². The largest absolute Gasteiger partial charge is 0.339 e. The monoisotopic (exact) mass is 273 g/mol. The molecule has 0 aliphatic heterocycles. The van der Waals surface area contributed by atoms with Crippen LogP contribution in [0.2, 0.25) is 0 Å². The quantitative estimate of drug-likeness (QED) is 0.877. The van der Waals surface area contributed by atoms with Crippen molar-refractivity contribution in [2.45, 2.75) is 39.0 Å². The van der Waals surface area contributed by atoms with Crippen LogP contribution in [0, 0.1) is 5.92 Å². The fourth-order valence-corrected chi connectivity index (χ4v) is 2.29. The summed E-state index contributed by atoms with van der Waals surface area (Å²) in [6.07, 6.45) is 1.06. The van der Waals surface area contributed by atoms with Crippen LogP contribution in [-0.4, -0.2) is 16.7 Å². The summed E-state index contributed by atoms with van der Waals surface area (Å²) < 4.78 is 5.51. The van der Waals surface area contributed by atoms with E-state index < -0.39 is 0 Å². The first kappa shape index (κ1) is 14.7. The molecule has 0 saturated heterocycles. The molecule has 0 bridgehead atoms. The zero-order valence-corrected chi connectivity index (χ0v) is 12.4. The lowest BCUT2D eigenvalue weighted by molar-refractivity contribution is 0.327. The Morgan fingerprint density at radius 2 is 1.90 bits per heavy atom. The van der Waals surface area contributed by atoms with Gasteiger partial charge in [0, 0.05) is 12.5 Å². The smallest absolute Gasteiger partial charge is 0.234 e. The van der Waals surface area contributed by atoms with Crippen molar-refractivity contribution < 1.29 is 4.52 Å². The summed E-state index contributed by atoms with van der Waals surface area (Å²) in [5, 5.41) is 4.08. The first-order valence-corrected chi connectivity index (χ1v) is 7.25. The zero-order valence-electron chi connectivity index (χ0n) is 12.4. The van der Waals surface area contributed by atoms with Gasteiger partial charge in [-0.25, -0.2) is 0 Å². The molecule has 1 aromatic carbocycles. The molecule has 4 heteroatoms. The Labute approximate surface area is 120 Å². The zero-order chi connectivity index (χ0) is 14.5. The van der Waals surface area contributed by atoms with E-state index in [9.17, 15) is 0 Å². The second-order valence-electron chi connectivity index (χ2n) is 5.40. The summed E-state index contributed by atoms with van der Waals surface area (Å²) in [4.78, 5) is 4.57. The number of nitrogens with zero attached hydrogens (tertiary/aromatic N) is 2. The van der Waals surface area contributed by atoms with Crippen LogP contribution in [-0.2, 0) is 0 Å². The fourth-order valence-electron chi connectivity index (χ4n) is 2.29. The van der Waals surface area contributed by atoms with Gasteiger partial charge in [0.25, 0.3) is 0 Å². The maximum atomic E-state index is 5.66. The van der Waals surface area contributed by atoms with E-state index in [0.717, 1.165) is 6.42 Å². The summed E-state index contributed by atoms with van der Waals surface area (Å²) >= 11 is 0. The molecule has 0 spiro atoms. The van der Waals surface area contributed by atoms with Crippen LogP contribution in [0.1, 0.15) is 56.3 Å². The molecule has 1 heterocycles. The number of benzene rings is 1. The van der Waals surface area contributed by atoms with E-state index in [4.69, 9.17) is 10.3 Å². The van der Waals surface area contributed by atoms with Crippen LogP contribution in [0.25, 0.3) is 0 Å². The van der Waals surface area contributed by atoms with Crippen molar-refractivity contribution in [3.05, 3.63) is 47.6 Å². The Kier molecular flexibility index (Phi) is 4.90. The third kappa shape index (κ3) is 3.07. The minimum Gasteiger partial charge on any atom is -0.339 e. The number of hydrogen-bond donors (Lipinski definition) is 1. The molecular weight excluding hydrogens is 250 g/mol. The molecular formula is C16H23N3O. The topological polar surface area (TPSA) is 64.9 Å². The number of rotatable bonds is 6. The highest BCUT2D eigenvalue weighted by molar-refractivity contribution is 5.25. The summed E-state index contributed by atoms with van der Waals surface area (Å²) in [6, 6.07) is 10.3. The minimum atomic E-state index is 0.126. The van der Waals surface area contributed by atoms with Gasteiger partial charge in [0.05, 0.1) is 5.92 Å². The van der Waals surface area contributed by atoms with Gasteiger partial charge in [-0.2, -0.15) is 4.98 Å². The number of nitrogens with two attached hydrogens (primary N) is 1. The molecule has 2 rings (SSSR count). The molecule has 2 N–H and O–H groups in total. The normalized spacial score (nSPS) is 15.8. The standard InChI is InChI=1S/C16H23N3O/c1-4-11(2)14(13-8-6-5-7-9-13)16-18-15(19-20-16)12(3)10-17/h5-9,11-12,14H,4,10,17H2,1-3H3. The fraction of sp³-hybridized carbons (Fsp3) is 0.500. The molecule has 20 heavy (non-hydrogen) atoms. The van der Waals surface area contributed by atoms with Crippen LogP contribution in [0.15, 0.2) is 34.9 Å². The molecule has 0 aliphatic carbocycles. The van der Waals surface area contributed by atoms with E-state index in [1.54, 1.807) is 0 Å². The van der Waals surface area contributed by atoms with Gasteiger partial charge in [0.15, 0.2) is 5.82 Å². The average Bonchev–Trinajstić information content (AvgIpc) is 2.97. The van der Waals surface area contributed by atoms with Crippen molar-refractivity contribution in [1.82, 2.24) is 10.1 Å². The van der Waals surface area contributed by atoms with Crippen molar-refractivity contribution in [3.63, 3.8) is 0 Å². The third-order valence-corrected chi connectivity index (χ3v) is 3.89. The highest BCUT2D eigenvalue weighted by atomic mass is 16.5. The van der Waals surface area contributed by atoms with Crippen molar-refractivity contribution >= 4 is 0 Å². The summed E-state index contributed by atoms with van der Waals surface area (Å²) in [5.41, 5.74) is 6.88. The maximum absolute atomic E-state index is 5.66.